The van der Waals surface area contributed by atoms with E-state index in [1.165, 1.54) is 0 Å². The predicted octanol–water partition coefficient (Wildman–Crippen LogP) is 4.51. The lowest BCUT2D eigenvalue weighted by molar-refractivity contribution is -0.137. The summed E-state index contributed by atoms with van der Waals surface area (Å²) >= 11 is 0. The number of nitrogens with one attached hydrogen (secondary N) is 1. The molecule has 1 aliphatic heterocycles. The highest BCUT2D eigenvalue weighted by molar-refractivity contribution is 5.94. The molecule has 0 spiro atoms. The first-order valence-electron chi connectivity index (χ1n) is 13.1. The molecule has 1 aliphatic rings. The van der Waals surface area contributed by atoms with Crippen LogP contribution in [0.25, 0.3) is 11.1 Å². The number of likely N-dealkylation sites (tertiary alicyclic amines) is 1. The molecule has 1 atom stereocenters. The summed E-state index contributed by atoms with van der Waals surface area (Å²) in [4.78, 5) is 31.7. The van der Waals surface area contributed by atoms with E-state index in [0.717, 1.165) is 75.2 Å². The van der Waals surface area contributed by atoms with E-state index in [9.17, 15) is 9.59 Å². The van der Waals surface area contributed by atoms with Gasteiger partial charge < -0.3 is 20.0 Å². The van der Waals surface area contributed by atoms with Gasteiger partial charge >= 0.3 is 0 Å². The zero-order chi connectivity index (χ0) is 25.2. The predicted molar refractivity (Wildman–Crippen MR) is 145 cm³/mol. The number of carbonyl (C=O) groups excluding carboxylic acids is 2. The number of hydrogen-bond acceptors (Lipinski definition) is 4. The number of rotatable bonds is 11. The topological polar surface area (TPSA) is 55.9 Å². The summed E-state index contributed by atoms with van der Waals surface area (Å²) in [5, 5.41) is 3.05. The van der Waals surface area contributed by atoms with Crippen LogP contribution in [0.4, 0.5) is 5.69 Å². The van der Waals surface area contributed by atoms with E-state index in [2.05, 4.69) is 53.2 Å². The maximum atomic E-state index is 12.7. The molecule has 1 unspecified atom stereocenters. The molecule has 2 amide bonds. The molecule has 2 aromatic carbocycles. The van der Waals surface area contributed by atoms with Crippen molar-refractivity contribution in [2.24, 2.45) is 5.92 Å². The second kappa shape index (κ2) is 13.3. The average molecular weight is 479 g/mol. The lowest BCUT2D eigenvalue weighted by Gasteiger charge is -2.34. The first-order chi connectivity index (χ1) is 16.9. The van der Waals surface area contributed by atoms with Crippen LogP contribution in [0.2, 0.25) is 0 Å². The average Bonchev–Trinajstić information content (AvgIpc) is 2.89. The third-order valence-corrected chi connectivity index (χ3v) is 6.98. The molecule has 2 aromatic rings. The summed E-state index contributed by atoms with van der Waals surface area (Å²) in [6.07, 6.45) is 4.05. The van der Waals surface area contributed by atoms with E-state index in [1.54, 1.807) is 0 Å². The minimum atomic E-state index is -0.0256. The molecule has 0 aromatic heterocycles. The van der Waals surface area contributed by atoms with Crippen molar-refractivity contribution >= 4 is 17.5 Å². The normalized spacial score (nSPS) is 16.1. The molecular weight excluding hydrogens is 436 g/mol. The molecule has 0 aliphatic carbocycles. The van der Waals surface area contributed by atoms with Crippen LogP contribution in [-0.2, 0) is 4.79 Å². The van der Waals surface area contributed by atoms with Crippen molar-refractivity contribution in [3.8, 4) is 11.1 Å². The van der Waals surface area contributed by atoms with Gasteiger partial charge in [-0.05, 0) is 88.0 Å². The molecule has 1 N–H and O–H groups in total. The first-order valence-corrected chi connectivity index (χ1v) is 13.1. The van der Waals surface area contributed by atoms with E-state index in [-0.39, 0.29) is 11.8 Å². The molecule has 35 heavy (non-hydrogen) atoms. The number of carbonyl (C=O) groups is 2. The van der Waals surface area contributed by atoms with Gasteiger partial charge in [0, 0.05) is 51.5 Å². The van der Waals surface area contributed by atoms with Gasteiger partial charge in [0.15, 0.2) is 0 Å². The molecule has 0 saturated carbocycles. The smallest absolute Gasteiger partial charge is 0.251 e. The third-order valence-electron chi connectivity index (χ3n) is 6.98. The monoisotopic (exact) mass is 478 g/mol. The van der Waals surface area contributed by atoms with Crippen LogP contribution in [0.5, 0.6) is 0 Å². The quantitative estimate of drug-likeness (QED) is 0.483. The Bertz CT molecular complexity index is 936. The maximum Gasteiger partial charge on any atom is 0.251 e. The van der Waals surface area contributed by atoms with Crippen LogP contribution < -0.4 is 10.2 Å². The Hall–Kier alpha value is -2.86. The second-order valence-electron chi connectivity index (χ2n) is 9.63. The van der Waals surface area contributed by atoms with Crippen molar-refractivity contribution in [1.29, 1.82) is 0 Å². The van der Waals surface area contributed by atoms with E-state index < -0.39 is 0 Å². The van der Waals surface area contributed by atoms with Gasteiger partial charge in [0.2, 0.25) is 5.91 Å². The van der Waals surface area contributed by atoms with Crippen molar-refractivity contribution in [2.45, 2.75) is 39.5 Å². The fourth-order valence-electron chi connectivity index (χ4n) is 4.78. The molecular formula is C29H42N4O2. The molecule has 0 bridgehead atoms. The fourth-order valence-corrected chi connectivity index (χ4v) is 4.78. The standard InChI is InChI=1S/C29H42N4O2/c1-5-33(6-2)29(35)26-10-9-21-32(22-26)20-8-7-19-30-28(34)25-13-11-23(12-14-25)24-15-17-27(18-16-24)31(3)4/h11-18,26H,5-10,19-22H2,1-4H3,(H,30,34). The first kappa shape index (κ1) is 26.7. The minimum Gasteiger partial charge on any atom is -0.378 e. The Labute approximate surface area is 211 Å². The summed E-state index contributed by atoms with van der Waals surface area (Å²) in [6, 6.07) is 16.2. The Balaban J connectivity index is 1.38. The lowest BCUT2D eigenvalue weighted by Crippen LogP contribution is -2.45. The van der Waals surface area contributed by atoms with Crippen LogP contribution in [-0.4, -0.2) is 75.0 Å². The van der Waals surface area contributed by atoms with Gasteiger partial charge in [-0.25, -0.2) is 0 Å². The number of anilines is 1. The lowest BCUT2D eigenvalue weighted by atomic mass is 9.96. The summed E-state index contributed by atoms with van der Waals surface area (Å²) in [5.41, 5.74) is 4.10. The largest absolute Gasteiger partial charge is 0.378 e. The zero-order valence-electron chi connectivity index (χ0n) is 21.9. The molecule has 6 heteroatoms. The molecule has 1 saturated heterocycles. The number of benzene rings is 2. The molecule has 0 radical (unpaired) electrons. The number of unbranched alkanes of at least 4 members (excludes halogenated alkanes) is 1. The van der Waals surface area contributed by atoms with Crippen molar-refractivity contribution in [3.05, 3.63) is 54.1 Å². The van der Waals surface area contributed by atoms with Crippen LogP contribution in [0, 0.1) is 5.92 Å². The van der Waals surface area contributed by atoms with Gasteiger partial charge in [-0.15, -0.1) is 0 Å². The van der Waals surface area contributed by atoms with Crippen molar-refractivity contribution in [1.82, 2.24) is 15.1 Å². The molecule has 3 rings (SSSR count). The summed E-state index contributed by atoms with van der Waals surface area (Å²) < 4.78 is 0. The maximum absolute atomic E-state index is 12.7. The number of hydrogen-bond donors (Lipinski definition) is 1. The number of nitrogens with zero attached hydrogens (tertiary/aromatic N) is 3. The van der Waals surface area contributed by atoms with Crippen LogP contribution >= 0.6 is 0 Å². The third kappa shape index (κ3) is 7.56. The number of amides is 2. The van der Waals surface area contributed by atoms with Gasteiger partial charge in [0.05, 0.1) is 5.92 Å². The van der Waals surface area contributed by atoms with Crippen LogP contribution in [0.3, 0.4) is 0 Å². The highest BCUT2D eigenvalue weighted by atomic mass is 16.2. The van der Waals surface area contributed by atoms with E-state index >= 15 is 0 Å². The Morgan fingerprint density at radius 2 is 1.57 bits per heavy atom. The molecule has 1 fully saturated rings. The highest BCUT2D eigenvalue weighted by Gasteiger charge is 2.27. The van der Waals surface area contributed by atoms with Crippen molar-refractivity contribution in [3.63, 3.8) is 0 Å². The van der Waals surface area contributed by atoms with Gasteiger partial charge in [0.25, 0.3) is 5.91 Å². The summed E-state index contributed by atoms with van der Waals surface area (Å²) in [7, 11) is 4.06. The minimum absolute atomic E-state index is 0.0256. The number of piperidine rings is 1. The van der Waals surface area contributed by atoms with Crippen molar-refractivity contribution < 1.29 is 9.59 Å². The summed E-state index contributed by atoms with van der Waals surface area (Å²) in [6.45, 7) is 9.27. The van der Waals surface area contributed by atoms with Crippen molar-refractivity contribution in [2.75, 3.05) is 58.3 Å². The molecule has 6 nitrogen and oxygen atoms in total. The highest BCUT2D eigenvalue weighted by Crippen LogP contribution is 2.23. The van der Waals surface area contributed by atoms with Gasteiger partial charge in [-0.2, -0.15) is 0 Å². The van der Waals surface area contributed by atoms with Crippen LogP contribution in [0.15, 0.2) is 48.5 Å². The molecule has 190 valence electrons. The SMILES string of the molecule is CCN(CC)C(=O)C1CCCN(CCCCNC(=O)c2ccc(-c3ccc(N(C)C)cc3)cc2)C1. The van der Waals surface area contributed by atoms with Crippen LogP contribution in [0.1, 0.15) is 49.9 Å². The van der Waals surface area contributed by atoms with E-state index in [0.29, 0.717) is 18.0 Å². The molecule has 1 heterocycles. The van der Waals surface area contributed by atoms with E-state index in [1.807, 2.05) is 43.3 Å². The summed E-state index contributed by atoms with van der Waals surface area (Å²) in [5.74, 6) is 0.420. The Kier molecular flexibility index (Phi) is 10.2. The van der Waals surface area contributed by atoms with Gasteiger partial charge in [-0.1, -0.05) is 24.3 Å². The Morgan fingerprint density at radius 1 is 0.943 bits per heavy atom. The van der Waals surface area contributed by atoms with E-state index in [4.69, 9.17) is 0 Å². The fraction of sp³-hybridized carbons (Fsp3) is 0.517. The van der Waals surface area contributed by atoms with Gasteiger partial charge in [0.1, 0.15) is 0 Å². The Morgan fingerprint density at radius 3 is 2.17 bits per heavy atom. The second-order valence-corrected chi connectivity index (χ2v) is 9.63. The zero-order valence-corrected chi connectivity index (χ0v) is 21.9. The van der Waals surface area contributed by atoms with Gasteiger partial charge in [-0.3, -0.25) is 9.59 Å².